The molecule has 1 aromatic carbocycles. The Kier molecular flexibility index (Phi) is 7.05. The average molecular weight is 407 g/mol. The monoisotopic (exact) mass is 406 g/mol. The standard InChI is InChI=1S/C18H15ClN2O7/c1-26-16(23)10-5-11(17(24)27-2)7-13(6-10)21-15(22)9-28-18(25)14-8-12(19)3-4-20-14/h3-8H,9H2,1-2H3,(H,21,22). The molecule has 2 aromatic rings. The van der Waals surface area contributed by atoms with E-state index in [1.165, 1.54) is 50.7 Å². The summed E-state index contributed by atoms with van der Waals surface area (Å²) in [6.45, 7) is -0.622. The molecular formula is C18H15ClN2O7. The number of amides is 1. The number of methoxy groups -OCH3 is 2. The number of hydrogen-bond donors (Lipinski definition) is 1. The lowest BCUT2D eigenvalue weighted by molar-refractivity contribution is -0.119. The molecule has 1 amide bonds. The van der Waals surface area contributed by atoms with Gasteiger partial charge in [-0.25, -0.2) is 19.4 Å². The molecule has 1 N–H and O–H groups in total. The first kappa shape index (κ1) is 20.8. The number of hydrogen-bond acceptors (Lipinski definition) is 8. The molecule has 146 valence electrons. The Morgan fingerprint density at radius 2 is 1.57 bits per heavy atom. The van der Waals surface area contributed by atoms with Crippen molar-refractivity contribution >= 4 is 41.1 Å². The Morgan fingerprint density at radius 1 is 0.964 bits per heavy atom. The van der Waals surface area contributed by atoms with E-state index in [-0.39, 0.29) is 22.5 Å². The first-order chi connectivity index (χ1) is 13.3. The van der Waals surface area contributed by atoms with E-state index in [9.17, 15) is 19.2 Å². The van der Waals surface area contributed by atoms with Gasteiger partial charge in [0, 0.05) is 16.9 Å². The normalized spacial score (nSPS) is 9.96. The number of aromatic nitrogens is 1. The molecule has 0 atom stereocenters. The third-order valence-electron chi connectivity index (χ3n) is 3.32. The first-order valence-electron chi connectivity index (χ1n) is 7.74. The van der Waals surface area contributed by atoms with Crippen LogP contribution in [0.25, 0.3) is 0 Å². The molecule has 10 heteroatoms. The van der Waals surface area contributed by atoms with Crippen molar-refractivity contribution in [1.82, 2.24) is 4.98 Å². The number of esters is 3. The van der Waals surface area contributed by atoms with Crippen molar-refractivity contribution < 1.29 is 33.4 Å². The second kappa shape index (κ2) is 9.47. The summed E-state index contributed by atoms with van der Waals surface area (Å²) in [4.78, 5) is 51.2. The minimum atomic E-state index is -0.837. The molecular weight excluding hydrogens is 392 g/mol. The van der Waals surface area contributed by atoms with Crippen LogP contribution in [0.5, 0.6) is 0 Å². The van der Waals surface area contributed by atoms with Crippen LogP contribution in [0.4, 0.5) is 5.69 Å². The molecule has 0 aliphatic rings. The van der Waals surface area contributed by atoms with Crippen LogP contribution in [0.15, 0.2) is 36.5 Å². The van der Waals surface area contributed by atoms with Crippen LogP contribution < -0.4 is 5.32 Å². The smallest absolute Gasteiger partial charge is 0.357 e. The van der Waals surface area contributed by atoms with Crippen molar-refractivity contribution in [1.29, 1.82) is 0 Å². The number of pyridine rings is 1. The van der Waals surface area contributed by atoms with E-state index >= 15 is 0 Å². The molecule has 0 saturated carbocycles. The minimum Gasteiger partial charge on any atom is -0.465 e. The predicted octanol–water partition coefficient (Wildman–Crippen LogP) is 2.10. The number of ether oxygens (including phenoxy) is 3. The number of nitrogens with one attached hydrogen (secondary N) is 1. The highest BCUT2D eigenvalue weighted by atomic mass is 35.5. The molecule has 0 spiro atoms. The quantitative estimate of drug-likeness (QED) is 0.571. The Morgan fingerprint density at radius 3 is 2.11 bits per heavy atom. The molecule has 0 fully saturated rings. The second-order valence-corrected chi connectivity index (χ2v) is 5.70. The van der Waals surface area contributed by atoms with Gasteiger partial charge in [0.15, 0.2) is 6.61 Å². The van der Waals surface area contributed by atoms with Crippen LogP contribution in [0.3, 0.4) is 0 Å². The predicted molar refractivity (Wildman–Crippen MR) is 97.3 cm³/mol. The SMILES string of the molecule is COC(=O)c1cc(NC(=O)COC(=O)c2cc(Cl)ccn2)cc(C(=O)OC)c1. The number of nitrogens with zero attached hydrogens (tertiary/aromatic N) is 1. The largest absolute Gasteiger partial charge is 0.465 e. The summed E-state index contributed by atoms with van der Waals surface area (Å²) in [5.74, 6) is -2.95. The van der Waals surface area contributed by atoms with Crippen LogP contribution in [-0.2, 0) is 19.0 Å². The molecule has 28 heavy (non-hydrogen) atoms. The molecule has 0 unspecified atom stereocenters. The number of rotatable bonds is 6. The van der Waals surface area contributed by atoms with Crippen molar-refractivity contribution in [3.63, 3.8) is 0 Å². The maximum absolute atomic E-state index is 12.0. The highest BCUT2D eigenvalue weighted by Crippen LogP contribution is 2.17. The van der Waals surface area contributed by atoms with Gasteiger partial charge in [-0.1, -0.05) is 11.6 Å². The van der Waals surface area contributed by atoms with E-state index in [4.69, 9.17) is 16.3 Å². The van der Waals surface area contributed by atoms with Gasteiger partial charge in [-0.3, -0.25) is 4.79 Å². The number of benzene rings is 1. The summed E-state index contributed by atoms with van der Waals surface area (Å²) in [6.07, 6.45) is 1.33. The van der Waals surface area contributed by atoms with E-state index in [1.54, 1.807) is 0 Å². The second-order valence-electron chi connectivity index (χ2n) is 5.27. The van der Waals surface area contributed by atoms with Gasteiger partial charge in [0.2, 0.25) is 0 Å². The highest BCUT2D eigenvalue weighted by Gasteiger charge is 2.16. The van der Waals surface area contributed by atoms with Crippen LogP contribution in [-0.4, -0.2) is 49.6 Å². The van der Waals surface area contributed by atoms with Gasteiger partial charge in [0.05, 0.1) is 25.3 Å². The molecule has 1 aromatic heterocycles. The zero-order valence-electron chi connectivity index (χ0n) is 14.9. The maximum atomic E-state index is 12.0. The van der Waals surface area contributed by atoms with Crippen molar-refractivity contribution in [2.45, 2.75) is 0 Å². The van der Waals surface area contributed by atoms with E-state index in [2.05, 4.69) is 19.8 Å². The van der Waals surface area contributed by atoms with Crippen LogP contribution in [0.2, 0.25) is 5.02 Å². The van der Waals surface area contributed by atoms with Gasteiger partial charge in [-0.05, 0) is 30.3 Å². The summed E-state index contributed by atoms with van der Waals surface area (Å²) in [5.41, 5.74) is 0.118. The lowest BCUT2D eigenvalue weighted by Gasteiger charge is -2.10. The first-order valence-corrected chi connectivity index (χ1v) is 8.12. The summed E-state index contributed by atoms with van der Waals surface area (Å²) in [5, 5.41) is 2.71. The maximum Gasteiger partial charge on any atom is 0.357 e. The van der Waals surface area contributed by atoms with E-state index < -0.39 is 30.4 Å². The molecule has 0 aliphatic heterocycles. The number of carbonyl (C=O) groups is 4. The molecule has 9 nitrogen and oxygen atoms in total. The fourth-order valence-corrected chi connectivity index (χ4v) is 2.25. The fourth-order valence-electron chi connectivity index (χ4n) is 2.09. The summed E-state index contributed by atoms with van der Waals surface area (Å²) < 4.78 is 14.1. The lowest BCUT2D eigenvalue weighted by Crippen LogP contribution is -2.22. The van der Waals surface area contributed by atoms with E-state index in [0.717, 1.165) is 0 Å². The Bertz CT molecular complexity index is 896. The number of carbonyl (C=O) groups excluding carboxylic acids is 4. The lowest BCUT2D eigenvalue weighted by atomic mass is 10.1. The Hall–Kier alpha value is -3.46. The third kappa shape index (κ3) is 5.52. The van der Waals surface area contributed by atoms with Crippen LogP contribution in [0.1, 0.15) is 31.2 Å². The van der Waals surface area contributed by atoms with Gasteiger partial charge in [0.1, 0.15) is 5.69 Å². The molecule has 2 rings (SSSR count). The summed E-state index contributed by atoms with van der Waals surface area (Å²) in [7, 11) is 2.35. The fraction of sp³-hybridized carbons (Fsp3) is 0.167. The van der Waals surface area contributed by atoms with Gasteiger partial charge in [-0.15, -0.1) is 0 Å². The molecule has 0 radical (unpaired) electrons. The van der Waals surface area contributed by atoms with Gasteiger partial charge in [-0.2, -0.15) is 0 Å². The average Bonchev–Trinajstić information content (AvgIpc) is 2.70. The van der Waals surface area contributed by atoms with Crippen molar-refractivity contribution in [2.24, 2.45) is 0 Å². The van der Waals surface area contributed by atoms with E-state index in [0.29, 0.717) is 5.02 Å². The number of halogens is 1. The zero-order chi connectivity index (χ0) is 20.7. The third-order valence-corrected chi connectivity index (χ3v) is 3.56. The molecule has 0 saturated heterocycles. The topological polar surface area (TPSA) is 121 Å². The Balaban J connectivity index is 2.09. The minimum absolute atomic E-state index is 0.0285. The Labute approximate surface area is 164 Å². The van der Waals surface area contributed by atoms with Crippen molar-refractivity contribution in [3.05, 3.63) is 58.4 Å². The van der Waals surface area contributed by atoms with Crippen LogP contribution in [0, 0.1) is 0 Å². The van der Waals surface area contributed by atoms with Gasteiger partial charge >= 0.3 is 17.9 Å². The molecule has 0 aliphatic carbocycles. The van der Waals surface area contributed by atoms with Gasteiger partial charge < -0.3 is 19.5 Å². The van der Waals surface area contributed by atoms with E-state index in [1.807, 2.05) is 0 Å². The summed E-state index contributed by atoms with van der Waals surface area (Å²) in [6, 6.07) is 6.65. The number of anilines is 1. The summed E-state index contributed by atoms with van der Waals surface area (Å²) >= 11 is 5.76. The highest BCUT2D eigenvalue weighted by molar-refractivity contribution is 6.30. The molecule has 1 heterocycles. The van der Waals surface area contributed by atoms with Crippen molar-refractivity contribution in [3.8, 4) is 0 Å². The zero-order valence-corrected chi connectivity index (χ0v) is 15.6. The van der Waals surface area contributed by atoms with Crippen molar-refractivity contribution in [2.75, 3.05) is 26.1 Å². The molecule has 0 bridgehead atoms. The van der Waals surface area contributed by atoms with Gasteiger partial charge in [0.25, 0.3) is 5.91 Å². The van der Waals surface area contributed by atoms with Crippen LogP contribution >= 0.6 is 11.6 Å².